The first-order chi connectivity index (χ1) is 11.8. The second kappa shape index (κ2) is 7.95. The highest BCUT2D eigenvalue weighted by molar-refractivity contribution is 5.88. The first-order valence-electron chi connectivity index (χ1n) is 8.74. The number of pyridine rings is 1. The van der Waals surface area contributed by atoms with Crippen molar-refractivity contribution >= 4 is 11.8 Å². The average molecular weight is 327 g/mol. The van der Waals surface area contributed by atoms with E-state index >= 15 is 0 Å². The SMILES string of the molecule is CCC1CCCN(C(=O)Nc2ccnn2Cc2ccccn2)CC1. The number of amides is 2. The van der Waals surface area contributed by atoms with Gasteiger partial charge in [-0.25, -0.2) is 9.48 Å². The third-order valence-electron chi connectivity index (χ3n) is 4.70. The Labute approximate surface area is 142 Å². The maximum atomic E-state index is 12.6. The van der Waals surface area contributed by atoms with Crippen LogP contribution < -0.4 is 5.32 Å². The van der Waals surface area contributed by atoms with E-state index in [1.54, 1.807) is 17.1 Å². The summed E-state index contributed by atoms with van der Waals surface area (Å²) < 4.78 is 1.77. The number of urea groups is 1. The monoisotopic (exact) mass is 327 g/mol. The number of anilines is 1. The molecule has 2 aromatic rings. The lowest BCUT2D eigenvalue weighted by Gasteiger charge is -2.21. The van der Waals surface area contributed by atoms with E-state index in [2.05, 4.69) is 22.3 Å². The Morgan fingerprint density at radius 1 is 1.25 bits per heavy atom. The smallest absolute Gasteiger partial charge is 0.322 e. The van der Waals surface area contributed by atoms with Crippen LogP contribution in [0.3, 0.4) is 0 Å². The molecule has 1 aliphatic heterocycles. The lowest BCUT2D eigenvalue weighted by Crippen LogP contribution is -2.36. The maximum absolute atomic E-state index is 12.6. The van der Waals surface area contributed by atoms with Gasteiger partial charge in [-0.3, -0.25) is 10.3 Å². The molecule has 1 saturated heterocycles. The molecule has 1 aliphatic rings. The highest BCUT2D eigenvalue weighted by Crippen LogP contribution is 2.21. The van der Waals surface area contributed by atoms with Crippen molar-refractivity contribution in [3.05, 3.63) is 42.4 Å². The van der Waals surface area contributed by atoms with Crippen LogP contribution in [-0.2, 0) is 6.54 Å². The van der Waals surface area contributed by atoms with Crippen molar-refractivity contribution in [1.29, 1.82) is 0 Å². The molecule has 2 aromatic heterocycles. The fraction of sp³-hybridized carbons (Fsp3) is 0.500. The Morgan fingerprint density at radius 2 is 2.17 bits per heavy atom. The van der Waals surface area contributed by atoms with E-state index in [0.29, 0.717) is 12.4 Å². The standard InChI is InChI=1S/C18H25N5O/c1-2-15-6-5-12-22(13-9-15)18(24)21-17-8-11-20-23(17)14-16-7-3-4-10-19-16/h3-4,7-8,10-11,15H,2,5-6,9,12-14H2,1H3,(H,21,24). The van der Waals surface area contributed by atoms with Gasteiger partial charge in [0.2, 0.25) is 0 Å². The lowest BCUT2D eigenvalue weighted by atomic mass is 9.98. The molecule has 6 heteroatoms. The largest absolute Gasteiger partial charge is 0.324 e. The van der Waals surface area contributed by atoms with Gasteiger partial charge in [0.25, 0.3) is 0 Å². The number of hydrogen-bond donors (Lipinski definition) is 1. The van der Waals surface area contributed by atoms with E-state index in [9.17, 15) is 4.79 Å². The minimum atomic E-state index is -0.0328. The third kappa shape index (κ3) is 4.13. The van der Waals surface area contributed by atoms with Gasteiger partial charge in [-0.05, 0) is 37.3 Å². The summed E-state index contributed by atoms with van der Waals surface area (Å²) in [5.74, 6) is 1.46. The molecule has 24 heavy (non-hydrogen) atoms. The van der Waals surface area contributed by atoms with Gasteiger partial charge < -0.3 is 4.90 Å². The van der Waals surface area contributed by atoms with E-state index in [4.69, 9.17) is 0 Å². The normalized spacial score (nSPS) is 18.2. The molecular weight excluding hydrogens is 302 g/mol. The predicted octanol–water partition coefficient (Wildman–Crippen LogP) is 3.37. The summed E-state index contributed by atoms with van der Waals surface area (Å²) >= 11 is 0. The van der Waals surface area contributed by atoms with Crippen LogP contribution in [0.25, 0.3) is 0 Å². The first-order valence-corrected chi connectivity index (χ1v) is 8.74. The van der Waals surface area contributed by atoms with Gasteiger partial charge in [-0.15, -0.1) is 0 Å². The van der Waals surface area contributed by atoms with Crippen molar-refractivity contribution in [2.75, 3.05) is 18.4 Å². The average Bonchev–Trinajstić information content (AvgIpc) is 2.89. The number of carbonyl (C=O) groups excluding carboxylic acids is 1. The molecule has 128 valence electrons. The van der Waals surface area contributed by atoms with Gasteiger partial charge in [0.15, 0.2) is 0 Å². The second-order valence-corrected chi connectivity index (χ2v) is 6.32. The van der Waals surface area contributed by atoms with Crippen LogP contribution in [0.5, 0.6) is 0 Å². The fourth-order valence-corrected chi connectivity index (χ4v) is 3.18. The van der Waals surface area contributed by atoms with Gasteiger partial charge >= 0.3 is 6.03 Å². The molecule has 6 nitrogen and oxygen atoms in total. The number of likely N-dealkylation sites (tertiary alicyclic amines) is 1. The van der Waals surface area contributed by atoms with Gasteiger partial charge in [-0.2, -0.15) is 5.10 Å². The zero-order valence-corrected chi connectivity index (χ0v) is 14.2. The Morgan fingerprint density at radius 3 is 2.96 bits per heavy atom. The van der Waals surface area contributed by atoms with Crippen LogP contribution in [0.2, 0.25) is 0 Å². The first kappa shape index (κ1) is 16.5. The molecular formula is C18H25N5O. The van der Waals surface area contributed by atoms with Gasteiger partial charge in [0.1, 0.15) is 5.82 Å². The Balaban J connectivity index is 1.62. The second-order valence-electron chi connectivity index (χ2n) is 6.32. The minimum absolute atomic E-state index is 0.0328. The molecule has 1 N–H and O–H groups in total. The lowest BCUT2D eigenvalue weighted by molar-refractivity contribution is 0.212. The van der Waals surface area contributed by atoms with Crippen molar-refractivity contribution in [2.45, 2.75) is 39.2 Å². The molecule has 2 amide bonds. The van der Waals surface area contributed by atoms with Crippen molar-refractivity contribution in [2.24, 2.45) is 5.92 Å². The molecule has 0 aliphatic carbocycles. The van der Waals surface area contributed by atoms with Crippen LogP contribution >= 0.6 is 0 Å². The molecule has 3 heterocycles. The third-order valence-corrected chi connectivity index (χ3v) is 4.70. The van der Waals surface area contributed by atoms with E-state index < -0.39 is 0 Å². The predicted molar refractivity (Wildman–Crippen MR) is 93.8 cm³/mol. The molecule has 0 radical (unpaired) electrons. The highest BCUT2D eigenvalue weighted by Gasteiger charge is 2.20. The topological polar surface area (TPSA) is 63.1 Å². The number of nitrogens with one attached hydrogen (secondary N) is 1. The van der Waals surface area contributed by atoms with E-state index in [-0.39, 0.29) is 6.03 Å². The van der Waals surface area contributed by atoms with Crippen LogP contribution in [0.15, 0.2) is 36.7 Å². The van der Waals surface area contributed by atoms with Crippen molar-refractivity contribution in [1.82, 2.24) is 19.7 Å². The quantitative estimate of drug-likeness (QED) is 0.936. The fourth-order valence-electron chi connectivity index (χ4n) is 3.18. The van der Waals surface area contributed by atoms with Crippen LogP contribution in [0, 0.1) is 5.92 Å². The molecule has 1 fully saturated rings. The maximum Gasteiger partial charge on any atom is 0.322 e. The van der Waals surface area contributed by atoms with E-state index in [1.165, 1.54) is 12.8 Å². The molecule has 1 unspecified atom stereocenters. The Bertz CT molecular complexity index is 654. The van der Waals surface area contributed by atoms with E-state index in [1.807, 2.05) is 29.2 Å². The van der Waals surface area contributed by atoms with Crippen LogP contribution in [0.4, 0.5) is 10.6 Å². The number of rotatable bonds is 4. The number of aromatic nitrogens is 3. The number of hydrogen-bond acceptors (Lipinski definition) is 3. The summed E-state index contributed by atoms with van der Waals surface area (Å²) in [7, 11) is 0. The van der Waals surface area contributed by atoms with Crippen LogP contribution in [-0.4, -0.2) is 38.8 Å². The summed E-state index contributed by atoms with van der Waals surface area (Å²) in [6, 6.07) is 7.58. The molecule has 0 bridgehead atoms. The summed E-state index contributed by atoms with van der Waals surface area (Å²) in [4.78, 5) is 18.8. The van der Waals surface area contributed by atoms with Crippen molar-refractivity contribution in [3.8, 4) is 0 Å². The molecule has 3 rings (SSSR count). The minimum Gasteiger partial charge on any atom is -0.324 e. The van der Waals surface area contributed by atoms with Crippen LogP contribution in [0.1, 0.15) is 38.3 Å². The van der Waals surface area contributed by atoms with Crippen molar-refractivity contribution in [3.63, 3.8) is 0 Å². The van der Waals surface area contributed by atoms with E-state index in [0.717, 1.165) is 37.5 Å². The Hall–Kier alpha value is -2.37. The van der Waals surface area contributed by atoms with Gasteiger partial charge in [-0.1, -0.05) is 19.4 Å². The van der Waals surface area contributed by atoms with Gasteiger partial charge in [0.05, 0.1) is 18.4 Å². The molecule has 0 spiro atoms. The number of carbonyl (C=O) groups is 1. The zero-order chi connectivity index (χ0) is 16.8. The Kier molecular flexibility index (Phi) is 5.46. The summed E-state index contributed by atoms with van der Waals surface area (Å²) in [6.07, 6.45) is 8.06. The zero-order valence-electron chi connectivity index (χ0n) is 14.2. The number of nitrogens with zero attached hydrogens (tertiary/aromatic N) is 4. The van der Waals surface area contributed by atoms with Crippen molar-refractivity contribution < 1.29 is 4.79 Å². The molecule has 0 aromatic carbocycles. The highest BCUT2D eigenvalue weighted by atomic mass is 16.2. The summed E-state index contributed by atoms with van der Waals surface area (Å²) in [6.45, 7) is 4.44. The summed E-state index contributed by atoms with van der Waals surface area (Å²) in [5.41, 5.74) is 0.914. The molecule has 1 atom stereocenters. The molecule has 0 saturated carbocycles. The van der Waals surface area contributed by atoms with Gasteiger partial charge in [0, 0.05) is 25.4 Å². The summed E-state index contributed by atoms with van der Waals surface area (Å²) in [5, 5.41) is 7.30.